The molecule has 0 saturated heterocycles. The van der Waals surface area contributed by atoms with Crippen LogP contribution in [0.5, 0.6) is 5.75 Å². The molecule has 1 N–H and O–H groups in total. The molecule has 0 aliphatic heterocycles. The van der Waals surface area contributed by atoms with Crippen LogP contribution < -0.4 is 10.1 Å². The molecule has 0 fully saturated rings. The third-order valence-corrected chi connectivity index (χ3v) is 5.53. The maximum absolute atomic E-state index is 13.6. The number of nitrogens with one attached hydrogen (secondary N) is 1. The maximum atomic E-state index is 13.6. The van der Waals surface area contributed by atoms with Gasteiger partial charge in [-0.15, -0.1) is 0 Å². The zero-order valence-corrected chi connectivity index (χ0v) is 19.4. The molecule has 2 amide bonds. The second-order valence-electron chi connectivity index (χ2n) is 8.03. The fraction of sp³-hybridized carbons (Fsp3) is 0.286. The summed E-state index contributed by atoms with van der Waals surface area (Å²) >= 11 is 0. The largest absolute Gasteiger partial charge is 0.497 e. The lowest BCUT2D eigenvalue weighted by atomic mass is 10.0. The molecule has 0 aromatic heterocycles. The molecule has 0 saturated carbocycles. The molecule has 1 atom stereocenters. The lowest BCUT2D eigenvalue weighted by Gasteiger charge is -2.31. The van der Waals surface area contributed by atoms with Gasteiger partial charge in [-0.3, -0.25) is 9.59 Å². The van der Waals surface area contributed by atoms with Crippen LogP contribution in [-0.2, 0) is 29.0 Å². The second kappa shape index (κ2) is 12.4. The van der Waals surface area contributed by atoms with Gasteiger partial charge < -0.3 is 15.0 Å². The van der Waals surface area contributed by atoms with Gasteiger partial charge in [-0.25, -0.2) is 0 Å². The fourth-order valence-corrected chi connectivity index (χ4v) is 3.72. The number of rotatable bonds is 11. The number of ether oxygens (including phenoxy) is 1. The zero-order chi connectivity index (χ0) is 23.5. The van der Waals surface area contributed by atoms with Crippen LogP contribution in [0.2, 0.25) is 0 Å². The second-order valence-corrected chi connectivity index (χ2v) is 8.03. The summed E-state index contributed by atoms with van der Waals surface area (Å²) in [6.45, 7) is 2.93. The van der Waals surface area contributed by atoms with Crippen molar-refractivity contribution in [2.75, 3.05) is 13.7 Å². The molecule has 0 aliphatic carbocycles. The van der Waals surface area contributed by atoms with E-state index in [0.29, 0.717) is 19.5 Å². The minimum absolute atomic E-state index is 0.0791. The summed E-state index contributed by atoms with van der Waals surface area (Å²) in [5, 5.41) is 3.00. The summed E-state index contributed by atoms with van der Waals surface area (Å²) < 4.78 is 5.26. The Morgan fingerprint density at radius 2 is 1.45 bits per heavy atom. The van der Waals surface area contributed by atoms with Crippen molar-refractivity contribution >= 4 is 11.8 Å². The monoisotopic (exact) mass is 444 g/mol. The highest BCUT2D eigenvalue weighted by Crippen LogP contribution is 2.18. The van der Waals surface area contributed by atoms with Crippen molar-refractivity contribution in [3.05, 3.63) is 102 Å². The van der Waals surface area contributed by atoms with E-state index >= 15 is 0 Å². The molecule has 5 nitrogen and oxygen atoms in total. The van der Waals surface area contributed by atoms with E-state index in [1.54, 1.807) is 12.0 Å². The van der Waals surface area contributed by atoms with Crippen LogP contribution in [0, 0.1) is 0 Å². The van der Waals surface area contributed by atoms with E-state index in [0.717, 1.165) is 28.9 Å². The summed E-state index contributed by atoms with van der Waals surface area (Å²) in [4.78, 5) is 28.6. The van der Waals surface area contributed by atoms with Gasteiger partial charge in [-0.1, -0.05) is 79.7 Å². The van der Waals surface area contributed by atoms with Crippen molar-refractivity contribution in [1.29, 1.82) is 0 Å². The van der Waals surface area contributed by atoms with E-state index in [4.69, 9.17) is 4.74 Å². The average Bonchev–Trinajstić information content (AvgIpc) is 2.86. The van der Waals surface area contributed by atoms with Gasteiger partial charge >= 0.3 is 0 Å². The third kappa shape index (κ3) is 7.21. The van der Waals surface area contributed by atoms with Crippen LogP contribution in [0.3, 0.4) is 0 Å². The molecule has 3 aromatic carbocycles. The highest BCUT2D eigenvalue weighted by Gasteiger charge is 2.30. The first-order chi connectivity index (χ1) is 16.1. The molecule has 0 unspecified atom stereocenters. The molecular formula is C28H32N2O3. The lowest BCUT2D eigenvalue weighted by Crippen LogP contribution is -2.51. The van der Waals surface area contributed by atoms with Crippen LogP contribution in [0.25, 0.3) is 0 Å². The van der Waals surface area contributed by atoms with Crippen LogP contribution in [-0.4, -0.2) is 36.4 Å². The van der Waals surface area contributed by atoms with E-state index in [-0.39, 0.29) is 18.2 Å². The molecule has 0 heterocycles. The number of hydrogen-bond donors (Lipinski definition) is 1. The topological polar surface area (TPSA) is 58.6 Å². The standard InChI is InChI=1S/C28H32N2O3/c1-3-18-29-28(32)26(19-22-10-6-4-7-11-22)30(21-24-14-16-25(33-2)17-15-24)27(31)20-23-12-8-5-9-13-23/h4-17,26H,3,18-21H2,1-2H3,(H,29,32)/t26-/m1/s1. The maximum Gasteiger partial charge on any atom is 0.243 e. The first kappa shape index (κ1) is 24.1. The predicted octanol–water partition coefficient (Wildman–Crippen LogP) is 4.40. The number of carbonyl (C=O) groups excluding carboxylic acids is 2. The first-order valence-corrected chi connectivity index (χ1v) is 11.4. The van der Waals surface area contributed by atoms with Gasteiger partial charge in [0.25, 0.3) is 0 Å². The lowest BCUT2D eigenvalue weighted by molar-refractivity contribution is -0.140. The number of benzene rings is 3. The molecule has 172 valence electrons. The summed E-state index contributed by atoms with van der Waals surface area (Å²) in [5.74, 6) is 0.544. The Bertz CT molecular complexity index is 1000. The van der Waals surface area contributed by atoms with Crippen LogP contribution in [0.1, 0.15) is 30.0 Å². The zero-order valence-electron chi connectivity index (χ0n) is 19.4. The Morgan fingerprint density at radius 1 is 0.848 bits per heavy atom. The molecular weight excluding hydrogens is 412 g/mol. The van der Waals surface area contributed by atoms with Crippen LogP contribution in [0.4, 0.5) is 0 Å². The summed E-state index contributed by atoms with van der Waals surface area (Å²) in [6.07, 6.45) is 1.52. The Labute approximate surface area is 196 Å². The molecule has 33 heavy (non-hydrogen) atoms. The quantitative estimate of drug-likeness (QED) is 0.477. The number of methoxy groups -OCH3 is 1. The minimum Gasteiger partial charge on any atom is -0.497 e. The van der Waals surface area contributed by atoms with E-state index in [1.807, 2.05) is 91.9 Å². The number of amides is 2. The van der Waals surface area contributed by atoms with E-state index in [2.05, 4.69) is 5.32 Å². The highest BCUT2D eigenvalue weighted by molar-refractivity contribution is 5.88. The number of hydrogen-bond acceptors (Lipinski definition) is 3. The van der Waals surface area contributed by atoms with Gasteiger partial charge in [0.15, 0.2) is 0 Å². The SMILES string of the molecule is CCCNC(=O)[C@@H](Cc1ccccc1)N(Cc1ccc(OC)cc1)C(=O)Cc1ccccc1. The van der Waals surface area contributed by atoms with Gasteiger partial charge in [0.2, 0.25) is 11.8 Å². The normalized spacial score (nSPS) is 11.5. The van der Waals surface area contributed by atoms with Crippen molar-refractivity contribution in [2.45, 2.75) is 38.8 Å². The van der Waals surface area contributed by atoms with Gasteiger partial charge in [0.1, 0.15) is 11.8 Å². The van der Waals surface area contributed by atoms with Crippen LogP contribution >= 0.6 is 0 Å². The first-order valence-electron chi connectivity index (χ1n) is 11.4. The third-order valence-electron chi connectivity index (χ3n) is 5.53. The van der Waals surface area contributed by atoms with Gasteiger partial charge in [-0.2, -0.15) is 0 Å². The summed E-state index contributed by atoms with van der Waals surface area (Å²) in [5.41, 5.74) is 2.88. The van der Waals surface area contributed by atoms with E-state index in [1.165, 1.54) is 0 Å². The minimum atomic E-state index is -0.614. The molecule has 0 aliphatic rings. The van der Waals surface area contributed by atoms with Crippen molar-refractivity contribution in [3.63, 3.8) is 0 Å². The van der Waals surface area contributed by atoms with Crippen molar-refractivity contribution in [3.8, 4) is 5.75 Å². The van der Waals surface area contributed by atoms with Gasteiger partial charge in [0.05, 0.1) is 13.5 Å². The molecule has 5 heteroatoms. The Kier molecular flexibility index (Phi) is 9.07. The van der Waals surface area contributed by atoms with Gasteiger partial charge in [0, 0.05) is 19.5 Å². The van der Waals surface area contributed by atoms with Crippen molar-refractivity contribution in [1.82, 2.24) is 10.2 Å². The van der Waals surface area contributed by atoms with Crippen molar-refractivity contribution in [2.24, 2.45) is 0 Å². The molecule has 3 rings (SSSR count). The average molecular weight is 445 g/mol. The fourth-order valence-electron chi connectivity index (χ4n) is 3.72. The molecule has 0 bridgehead atoms. The van der Waals surface area contributed by atoms with Crippen molar-refractivity contribution < 1.29 is 14.3 Å². The Hall–Kier alpha value is -3.60. The Morgan fingerprint density at radius 3 is 2.03 bits per heavy atom. The van der Waals surface area contributed by atoms with E-state index < -0.39 is 6.04 Å². The molecule has 0 radical (unpaired) electrons. The summed E-state index contributed by atoms with van der Waals surface area (Å²) in [7, 11) is 1.62. The predicted molar refractivity (Wildman–Crippen MR) is 131 cm³/mol. The molecule has 0 spiro atoms. The Balaban J connectivity index is 1.93. The van der Waals surface area contributed by atoms with Gasteiger partial charge in [-0.05, 0) is 35.2 Å². The van der Waals surface area contributed by atoms with Crippen LogP contribution in [0.15, 0.2) is 84.9 Å². The summed E-state index contributed by atoms with van der Waals surface area (Å²) in [6, 6.07) is 26.5. The van der Waals surface area contributed by atoms with E-state index in [9.17, 15) is 9.59 Å². The smallest absolute Gasteiger partial charge is 0.243 e. The number of nitrogens with zero attached hydrogens (tertiary/aromatic N) is 1. The highest BCUT2D eigenvalue weighted by atomic mass is 16.5. The number of carbonyl (C=O) groups is 2. The molecule has 3 aromatic rings.